The quantitative estimate of drug-likeness (QED) is 0.294. The van der Waals surface area contributed by atoms with E-state index in [0.717, 1.165) is 6.07 Å². The molecule has 1 aromatic carbocycles. The van der Waals surface area contributed by atoms with Crippen LogP contribution in [-0.4, -0.2) is 61.9 Å². The minimum atomic E-state index is -4.68. The number of alkyl halides is 3. The summed E-state index contributed by atoms with van der Waals surface area (Å²) in [5, 5.41) is 8.90. The number of amidine groups is 1. The maximum Gasteiger partial charge on any atom is 0.407 e. The first-order chi connectivity index (χ1) is 19.0. The Balaban J connectivity index is 1.90. The van der Waals surface area contributed by atoms with Crippen molar-refractivity contribution >= 4 is 33.6 Å². The van der Waals surface area contributed by atoms with Gasteiger partial charge in [-0.3, -0.25) is 9.71 Å². The first kappa shape index (κ1) is 31.8. The second-order valence-electron chi connectivity index (χ2n) is 10.5. The molecule has 0 radical (unpaired) electrons. The van der Waals surface area contributed by atoms with Crippen LogP contribution in [0.25, 0.3) is 0 Å². The van der Waals surface area contributed by atoms with Crippen molar-refractivity contribution in [2.75, 3.05) is 29.4 Å². The van der Waals surface area contributed by atoms with E-state index in [2.05, 4.69) is 30.7 Å². The number of amides is 1. The Morgan fingerprint density at radius 1 is 1.20 bits per heavy atom. The maximum absolute atomic E-state index is 15.7. The van der Waals surface area contributed by atoms with E-state index in [4.69, 9.17) is 4.99 Å². The molecule has 2 aromatic rings. The fraction of sp³-hybridized carbons (Fsp3) is 0.520. The lowest BCUT2D eigenvalue weighted by atomic mass is 9.95. The fourth-order valence-electron chi connectivity index (χ4n) is 3.88. The predicted molar refractivity (Wildman–Crippen MR) is 146 cm³/mol. The lowest BCUT2D eigenvalue weighted by Gasteiger charge is -2.23. The summed E-state index contributed by atoms with van der Waals surface area (Å²) in [5.74, 6) is -1.43. The van der Waals surface area contributed by atoms with Crippen LogP contribution >= 0.6 is 0 Å². The van der Waals surface area contributed by atoms with Crippen molar-refractivity contribution < 1.29 is 35.5 Å². The number of ether oxygens (including phenoxy) is 1. The van der Waals surface area contributed by atoms with E-state index in [-0.39, 0.29) is 24.1 Å². The average molecular weight is 604 g/mol. The number of nitrogens with zero attached hydrogens (tertiary/aromatic N) is 3. The SMILES string of the molecule is COC(=O)N[C@@H](C)CNc1nccc(C2NC(C(C)(C)C)=NC2c2cccc(NS(=O)(=O)CCC(F)(F)F)c2F)n1. The number of aliphatic imine (C=N–C) groups is 1. The highest BCUT2D eigenvalue weighted by atomic mass is 32.2. The normalized spacial score (nSPS) is 18.2. The molecular weight excluding hydrogens is 570 g/mol. The van der Waals surface area contributed by atoms with E-state index in [0.29, 0.717) is 11.5 Å². The molecule has 0 saturated carbocycles. The van der Waals surface area contributed by atoms with Gasteiger partial charge in [-0.15, -0.1) is 0 Å². The molecule has 1 amide bonds. The molecule has 1 aromatic heterocycles. The van der Waals surface area contributed by atoms with Crippen LogP contribution in [0.3, 0.4) is 0 Å². The van der Waals surface area contributed by atoms with E-state index in [9.17, 15) is 26.4 Å². The third-order valence-electron chi connectivity index (χ3n) is 5.97. The van der Waals surface area contributed by atoms with Gasteiger partial charge in [0.15, 0.2) is 5.82 Å². The molecule has 1 aliphatic heterocycles. The molecule has 0 fully saturated rings. The van der Waals surface area contributed by atoms with Gasteiger partial charge >= 0.3 is 12.3 Å². The van der Waals surface area contributed by atoms with Crippen LogP contribution in [0.4, 0.5) is 34.0 Å². The number of rotatable bonds is 10. The van der Waals surface area contributed by atoms with E-state index < -0.39 is 63.5 Å². The lowest BCUT2D eigenvalue weighted by molar-refractivity contribution is -0.129. The number of carbonyl (C=O) groups is 1. The first-order valence-electron chi connectivity index (χ1n) is 12.6. The predicted octanol–water partition coefficient (Wildman–Crippen LogP) is 4.30. The Kier molecular flexibility index (Phi) is 9.66. The third-order valence-corrected chi connectivity index (χ3v) is 7.24. The smallest absolute Gasteiger partial charge is 0.407 e. The zero-order chi connectivity index (χ0) is 30.6. The Hall–Kier alpha value is -3.69. The summed E-state index contributed by atoms with van der Waals surface area (Å²) >= 11 is 0. The number of carbonyl (C=O) groups excluding carboxylic acids is 1. The Bertz CT molecular complexity index is 1380. The van der Waals surface area contributed by atoms with E-state index in [1.54, 1.807) is 13.0 Å². The van der Waals surface area contributed by atoms with E-state index in [1.807, 2.05) is 25.5 Å². The summed E-state index contributed by atoms with van der Waals surface area (Å²) in [6.07, 6.45) is -5.35. The van der Waals surface area contributed by atoms with Gasteiger partial charge in [-0.2, -0.15) is 13.2 Å². The molecule has 4 N–H and O–H groups in total. The molecular formula is C25H33F4N7O4S. The molecule has 2 unspecified atom stereocenters. The van der Waals surface area contributed by atoms with Crippen molar-refractivity contribution in [2.24, 2.45) is 10.4 Å². The van der Waals surface area contributed by atoms with Gasteiger partial charge in [0.2, 0.25) is 16.0 Å². The van der Waals surface area contributed by atoms with Crippen LogP contribution in [0.15, 0.2) is 35.5 Å². The van der Waals surface area contributed by atoms with Gasteiger partial charge in [-0.1, -0.05) is 32.9 Å². The molecule has 41 heavy (non-hydrogen) atoms. The van der Waals surface area contributed by atoms with Crippen LogP contribution in [-0.2, 0) is 14.8 Å². The summed E-state index contributed by atoms with van der Waals surface area (Å²) in [5.41, 5.74) is -0.495. The van der Waals surface area contributed by atoms with Gasteiger partial charge in [-0.05, 0) is 19.1 Å². The van der Waals surface area contributed by atoms with Crippen molar-refractivity contribution in [2.45, 2.75) is 58.4 Å². The Morgan fingerprint density at radius 2 is 1.90 bits per heavy atom. The molecule has 11 nitrogen and oxygen atoms in total. The minimum Gasteiger partial charge on any atom is -0.453 e. The largest absolute Gasteiger partial charge is 0.453 e. The van der Waals surface area contributed by atoms with Gasteiger partial charge in [0.05, 0.1) is 36.7 Å². The number of benzene rings is 1. The van der Waals surface area contributed by atoms with Crippen molar-refractivity contribution in [1.29, 1.82) is 0 Å². The van der Waals surface area contributed by atoms with Crippen molar-refractivity contribution in [3.63, 3.8) is 0 Å². The number of hydrogen-bond donors (Lipinski definition) is 4. The number of sulfonamides is 1. The molecule has 0 spiro atoms. The van der Waals surface area contributed by atoms with Crippen LogP contribution in [0, 0.1) is 11.2 Å². The lowest BCUT2D eigenvalue weighted by Crippen LogP contribution is -2.37. The third kappa shape index (κ3) is 8.90. The zero-order valence-corrected chi connectivity index (χ0v) is 24.0. The molecule has 2 heterocycles. The maximum atomic E-state index is 15.7. The molecule has 0 bridgehead atoms. The van der Waals surface area contributed by atoms with Crippen molar-refractivity contribution in [3.05, 3.63) is 47.5 Å². The number of nitrogens with one attached hydrogen (secondary N) is 4. The van der Waals surface area contributed by atoms with Gasteiger partial charge in [0.1, 0.15) is 11.9 Å². The molecule has 3 atom stereocenters. The number of halogens is 4. The van der Waals surface area contributed by atoms with Gasteiger partial charge < -0.3 is 20.7 Å². The highest BCUT2D eigenvalue weighted by molar-refractivity contribution is 7.92. The standard InChI is InChI=1S/C25H33F4N7O4S/c1-14(32-23(37)40-5)13-31-22-30-11-9-17(33-22)20-19(34-21(35-20)24(2,3)4)15-7-6-8-16(18(15)26)36-41(38,39)12-10-25(27,28)29/h6-9,11,14,19-20,36H,10,12-13H2,1-5H3,(H,32,37)(H,34,35)(H,30,31,33)/t14-,19?,20?/m0/s1. The zero-order valence-electron chi connectivity index (χ0n) is 23.1. The van der Waals surface area contributed by atoms with Crippen LogP contribution in [0.2, 0.25) is 0 Å². The molecule has 1 aliphatic rings. The van der Waals surface area contributed by atoms with Gasteiger partial charge in [0.25, 0.3) is 0 Å². The van der Waals surface area contributed by atoms with E-state index in [1.165, 1.54) is 25.4 Å². The molecule has 0 saturated heterocycles. The minimum absolute atomic E-state index is 0.0155. The number of anilines is 2. The second kappa shape index (κ2) is 12.4. The molecule has 3 rings (SSSR count). The monoisotopic (exact) mass is 603 g/mol. The molecule has 0 aliphatic carbocycles. The van der Waals surface area contributed by atoms with Gasteiger partial charge in [0, 0.05) is 29.8 Å². The Labute approximate surface area is 235 Å². The number of hydrogen-bond acceptors (Lipinski definition) is 9. The summed E-state index contributed by atoms with van der Waals surface area (Å²) < 4.78 is 84.4. The Morgan fingerprint density at radius 3 is 2.54 bits per heavy atom. The number of methoxy groups -OCH3 is 1. The highest BCUT2D eigenvalue weighted by Crippen LogP contribution is 2.40. The second-order valence-corrected chi connectivity index (χ2v) is 12.4. The number of aromatic nitrogens is 2. The molecule has 16 heteroatoms. The van der Waals surface area contributed by atoms with Crippen LogP contribution < -0.4 is 20.7 Å². The first-order valence-corrected chi connectivity index (χ1v) is 14.3. The fourth-order valence-corrected chi connectivity index (χ4v) is 4.98. The topological polar surface area (TPSA) is 147 Å². The summed E-state index contributed by atoms with van der Waals surface area (Å²) in [4.78, 5) is 24.8. The summed E-state index contributed by atoms with van der Waals surface area (Å²) in [6.45, 7) is 7.74. The summed E-state index contributed by atoms with van der Waals surface area (Å²) in [6, 6.07) is 3.67. The highest BCUT2D eigenvalue weighted by Gasteiger charge is 2.38. The van der Waals surface area contributed by atoms with E-state index >= 15 is 4.39 Å². The van der Waals surface area contributed by atoms with Crippen molar-refractivity contribution in [3.8, 4) is 0 Å². The molecule has 226 valence electrons. The summed E-state index contributed by atoms with van der Waals surface area (Å²) in [7, 11) is -3.23. The average Bonchev–Trinajstić information content (AvgIpc) is 3.33. The number of alkyl carbamates (subject to hydrolysis) is 1. The van der Waals surface area contributed by atoms with Gasteiger partial charge in [-0.25, -0.2) is 27.6 Å². The van der Waals surface area contributed by atoms with Crippen LogP contribution in [0.1, 0.15) is 57.5 Å². The van der Waals surface area contributed by atoms with Crippen molar-refractivity contribution in [1.82, 2.24) is 20.6 Å². The van der Waals surface area contributed by atoms with Crippen LogP contribution in [0.5, 0.6) is 0 Å².